The molecule has 2 aromatic carbocycles. The molecule has 1 amide bonds. The number of rotatable bonds is 11. The van der Waals surface area contributed by atoms with Gasteiger partial charge in [-0.15, -0.1) is 0 Å². The van der Waals surface area contributed by atoms with Crippen molar-refractivity contribution >= 4 is 5.91 Å². The third-order valence-electron chi connectivity index (χ3n) is 7.13. The van der Waals surface area contributed by atoms with Gasteiger partial charge in [-0.2, -0.15) is 0 Å². The Bertz CT molecular complexity index is 1070. The third-order valence-corrected chi connectivity index (χ3v) is 7.13. The van der Waals surface area contributed by atoms with Gasteiger partial charge in [-0.05, 0) is 86.3 Å². The summed E-state index contributed by atoms with van der Waals surface area (Å²) in [6.07, 6.45) is 10.8. The van der Waals surface area contributed by atoms with E-state index in [1.807, 2.05) is 30.3 Å². The van der Waals surface area contributed by atoms with Crippen LogP contribution in [0.15, 0.2) is 48.6 Å². The summed E-state index contributed by atoms with van der Waals surface area (Å²) >= 11 is 0. The quantitative estimate of drug-likeness (QED) is 0.432. The number of carbonyl (C=O) groups excluding carboxylic acids is 1. The van der Waals surface area contributed by atoms with E-state index in [9.17, 15) is 4.79 Å². The van der Waals surface area contributed by atoms with Gasteiger partial charge in [0.15, 0.2) is 23.0 Å². The van der Waals surface area contributed by atoms with Crippen LogP contribution in [0, 0.1) is 11.8 Å². The highest BCUT2D eigenvalue weighted by Crippen LogP contribution is 2.37. The number of nitrogens with one attached hydrogen (secondary N) is 1. The van der Waals surface area contributed by atoms with Crippen molar-refractivity contribution in [2.45, 2.75) is 50.5 Å². The lowest BCUT2D eigenvalue weighted by atomic mass is 9.83. The van der Waals surface area contributed by atoms with E-state index in [1.54, 1.807) is 14.2 Å². The zero-order valence-corrected chi connectivity index (χ0v) is 20.6. The molecular weight excluding hydrogens is 442 g/mol. The fraction of sp³-hybridized carbons (Fsp3) is 0.483. The zero-order chi connectivity index (χ0) is 24.2. The molecule has 0 aromatic heterocycles. The number of ether oxygens (including phenoxy) is 4. The first-order chi connectivity index (χ1) is 17.1. The molecule has 2 saturated carbocycles. The Morgan fingerprint density at radius 2 is 1.46 bits per heavy atom. The molecule has 0 heterocycles. The lowest BCUT2D eigenvalue weighted by molar-refractivity contribution is 0.0929. The molecule has 2 fully saturated rings. The van der Waals surface area contributed by atoms with Gasteiger partial charge in [-0.1, -0.05) is 18.2 Å². The molecule has 0 aliphatic heterocycles. The van der Waals surface area contributed by atoms with Crippen LogP contribution in [0.25, 0.3) is 0 Å². The van der Waals surface area contributed by atoms with Gasteiger partial charge in [-0.3, -0.25) is 4.79 Å². The molecular formula is C29H35NO5. The molecule has 35 heavy (non-hydrogen) atoms. The first kappa shape index (κ1) is 23.6. The highest BCUT2D eigenvalue weighted by atomic mass is 16.5. The van der Waals surface area contributed by atoms with Gasteiger partial charge in [0.1, 0.15) is 0 Å². The van der Waals surface area contributed by atoms with E-state index in [2.05, 4.69) is 23.5 Å². The molecule has 2 atom stereocenters. The van der Waals surface area contributed by atoms with Crippen LogP contribution in [0.1, 0.15) is 60.4 Å². The Morgan fingerprint density at radius 1 is 0.800 bits per heavy atom. The van der Waals surface area contributed by atoms with Crippen molar-refractivity contribution in [2.24, 2.45) is 11.8 Å². The van der Waals surface area contributed by atoms with Crippen molar-refractivity contribution in [2.75, 3.05) is 27.4 Å². The van der Waals surface area contributed by atoms with Crippen molar-refractivity contribution in [3.05, 3.63) is 59.7 Å². The van der Waals surface area contributed by atoms with Crippen molar-refractivity contribution in [3.63, 3.8) is 0 Å². The molecule has 186 valence electrons. The summed E-state index contributed by atoms with van der Waals surface area (Å²) in [6, 6.07) is 11.5. The maximum absolute atomic E-state index is 13.3. The molecule has 0 radical (unpaired) electrons. The Morgan fingerprint density at radius 3 is 2.14 bits per heavy atom. The van der Waals surface area contributed by atoms with E-state index in [-0.39, 0.29) is 17.9 Å². The van der Waals surface area contributed by atoms with Gasteiger partial charge >= 0.3 is 0 Å². The highest BCUT2D eigenvalue weighted by molar-refractivity contribution is 5.95. The zero-order valence-electron chi connectivity index (χ0n) is 20.6. The smallest absolute Gasteiger partial charge is 0.251 e. The topological polar surface area (TPSA) is 66.0 Å². The van der Waals surface area contributed by atoms with Gasteiger partial charge < -0.3 is 24.3 Å². The average Bonchev–Trinajstić information content (AvgIpc) is 3.82. The minimum atomic E-state index is -0.0965. The van der Waals surface area contributed by atoms with Gasteiger partial charge in [0.25, 0.3) is 5.91 Å². The van der Waals surface area contributed by atoms with E-state index in [0.717, 1.165) is 24.2 Å². The standard InChI is InChI=1S/C29H35NO5/c1-32-25-13-11-21(15-27(25)33-2)23-5-3-4-6-24(23)30-29(31)22-12-14-26(34-17-19-7-8-19)28(16-22)35-18-20-9-10-20/h3-4,11-16,19-20,23-24H,5-10,17-18H2,1-2H3,(H,30,31)/t23-,24-/m1/s1. The Labute approximate surface area is 207 Å². The van der Waals surface area contributed by atoms with Crippen molar-refractivity contribution in [3.8, 4) is 23.0 Å². The fourth-order valence-corrected chi connectivity index (χ4v) is 4.54. The van der Waals surface area contributed by atoms with Crippen molar-refractivity contribution in [1.82, 2.24) is 5.32 Å². The monoisotopic (exact) mass is 477 g/mol. The maximum Gasteiger partial charge on any atom is 0.251 e. The van der Waals surface area contributed by atoms with Crippen molar-refractivity contribution < 1.29 is 23.7 Å². The number of methoxy groups -OCH3 is 2. The second kappa shape index (κ2) is 10.6. The highest BCUT2D eigenvalue weighted by Gasteiger charge is 2.28. The lowest BCUT2D eigenvalue weighted by Gasteiger charge is -2.30. The van der Waals surface area contributed by atoms with Crippen LogP contribution < -0.4 is 24.3 Å². The van der Waals surface area contributed by atoms with E-state index in [0.29, 0.717) is 47.9 Å². The summed E-state index contributed by atoms with van der Waals surface area (Å²) in [7, 11) is 3.28. The van der Waals surface area contributed by atoms with E-state index >= 15 is 0 Å². The minimum absolute atomic E-state index is 0.0211. The minimum Gasteiger partial charge on any atom is -0.493 e. The number of hydrogen-bond donors (Lipinski definition) is 1. The summed E-state index contributed by atoms with van der Waals surface area (Å²) < 4.78 is 23.0. The molecule has 0 bridgehead atoms. The predicted octanol–water partition coefficient (Wildman–Crippen LogP) is 5.51. The van der Waals surface area contributed by atoms with Crippen LogP contribution in [0.3, 0.4) is 0 Å². The molecule has 0 spiro atoms. The molecule has 6 heteroatoms. The molecule has 5 rings (SSSR count). The fourth-order valence-electron chi connectivity index (χ4n) is 4.54. The predicted molar refractivity (Wildman–Crippen MR) is 135 cm³/mol. The molecule has 1 N–H and O–H groups in total. The van der Waals surface area contributed by atoms with Crippen LogP contribution in [-0.2, 0) is 0 Å². The average molecular weight is 478 g/mol. The molecule has 0 unspecified atom stereocenters. The van der Waals surface area contributed by atoms with Crippen LogP contribution in [0.4, 0.5) is 0 Å². The van der Waals surface area contributed by atoms with Crippen LogP contribution in [-0.4, -0.2) is 39.4 Å². The van der Waals surface area contributed by atoms with Gasteiger partial charge in [0, 0.05) is 17.5 Å². The SMILES string of the molecule is COc1ccc([C@H]2CC=CC[C@H]2NC(=O)c2ccc(OCC3CC3)c(OCC3CC3)c2)cc1OC. The third kappa shape index (κ3) is 5.92. The number of hydrogen-bond acceptors (Lipinski definition) is 5. The normalized spacial score (nSPS) is 21.3. The Balaban J connectivity index is 1.31. The molecule has 0 saturated heterocycles. The number of allylic oxidation sites excluding steroid dienone is 1. The summed E-state index contributed by atoms with van der Waals surface area (Å²) in [5.41, 5.74) is 1.71. The maximum atomic E-state index is 13.3. The number of benzene rings is 2. The summed E-state index contributed by atoms with van der Waals surface area (Å²) in [5, 5.41) is 3.28. The van der Waals surface area contributed by atoms with E-state index in [1.165, 1.54) is 25.7 Å². The first-order valence-electron chi connectivity index (χ1n) is 12.7. The summed E-state index contributed by atoms with van der Waals surface area (Å²) in [5.74, 6) is 4.14. The van der Waals surface area contributed by atoms with Gasteiger partial charge in [0.2, 0.25) is 0 Å². The second-order valence-electron chi connectivity index (χ2n) is 9.91. The Kier molecular flexibility index (Phi) is 7.16. The number of carbonyl (C=O) groups is 1. The molecule has 3 aliphatic rings. The first-order valence-corrected chi connectivity index (χ1v) is 12.7. The van der Waals surface area contributed by atoms with E-state index in [4.69, 9.17) is 18.9 Å². The van der Waals surface area contributed by atoms with Crippen molar-refractivity contribution in [1.29, 1.82) is 0 Å². The van der Waals surface area contributed by atoms with E-state index < -0.39 is 0 Å². The van der Waals surface area contributed by atoms with Gasteiger partial charge in [-0.25, -0.2) is 0 Å². The van der Waals surface area contributed by atoms with Crippen LogP contribution in [0.5, 0.6) is 23.0 Å². The van der Waals surface area contributed by atoms with Crippen LogP contribution >= 0.6 is 0 Å². The van der Waals surface area contributed by atoms with Gasteiger partial charge in [0.05, 0.1) is 27.4 Å². The Hall–Kier alpha value is -3.15. The second-order valence-corrected chi connectivity index (χ2v) is 9.91. The molecule has 3 aliphatic carbocycles. The lowest BCUT2D eigenvalue weighted by Crippen LogP contribution is -2.40. The summed E-state index contributed by atoms with van der Waals surface area (Å²) in [4.78, 5) is 13.3. The largest absolute Gasteiger partial charge is 0.493 e. The number of amides is 1. The summed E-state index contributed by atoms with van der Waals surface area (Å²) in [6.45, 7) is 1.40. The molecule has 2 aromatic rings. The van der Waals surface area contributed by atoms with Crippen LogP contribution in [0.2, 0.25) is 0 Å². The molecule has 6 nitrogen and oxygen atoms in total.